The highest BCUT2D eigenvalue weighted by atomic mass is 16.5. The van der Waals surface area contributed by atoms with Gasteiger partial charge in [-0.15, -0.1) is 0 Å². The summed E-state index contributed by atoms with van der Waals surface area (Å²) in [6.07, 6.45) is 0.970. The number of methoxy groups -OCH3 is 1. The number of rotatable bonds is 6. The molecule has 2 rings (SSSR count). The van der Waals surface area contributed by atoms with Crippen molar-refractivity contribution in [1.29, 1.82) is 0 Å². The molecule has 0 aromatic heterocycles. The Bertz CT molecular complexity index is 596. The molecule has 0 saturated carbocycles. The minimum Gasteiger partial charge on any atom is -0.508 e. The molecule has 0 aliphatic rings. The van der Waals surface area contributed by atoms with Gasteiger partial charge in [0.25, 0.3) is 0 Å². The largest absolute Gasteiger partial charge is 0.508 e. The Kier molecular flexibility index (Phi) is 5.23. The first-order valence-electron chi connectivity index (χ1n) is 7.24. The van der Waals surface area contributed by atoms with Gasteiger partial charge < -0.3 is 15.2 Å². The molecule has 0 unspecified atom stereocenters. The highest BCUT2D eigenvalue weighted by molar-refractivity contribution is 5.39. The fourth-order valence-corrected chi connectivity index (χ4v) is 2.36. The molecule has 0 aliphatic heterocycles. The van der Waals surface area contributed by atoms with Crippen molar-refractivity contribution in [2.75, 3.05) is 7.11 Å². The van der Waals surface area contributed by atoms with Crippen LogP contribution in [0.3, 0.4) is 0 Å². The van der Waals surface area contributed by atoms with E-state index >= 15 is 0 Å². The summed E-state index contributed by atoms with van der Waals surface area (Å²) in [4.78, 5) is 0. The molecular weight excluding hydrogens is 262 g/mol. The van der Waals surface area contributed by atoms with Gasteiger partial charge in [0.05, 0.1) is 7.11 Å². The van der Waals surface area contributed by atoms with Crippen molar-refractivity contribution in [2.45, 2.75) is 32.9 Å². The van der Waals surface area contributed by atoms with Crippen molar-refractivity contribution in [2.24, 2.45) is 0 Å². The molecule has 0 radical (unpaired) electrons. The minimum atomic E-state index is 0.298. The third-order valence-electron chi connectivity index (χ3n) is 3.71. The molecule has 0 spiro atoms. The Hall–Kier alpha value is -2.00. The Morgan fingerprint density at radius 1 is 1.14 bits per heavy atom. The van der Waals surface area contributed by atoms with Crippen LogP contribution < -0.4 is 10.1 Å². The van der Waals surface area contributed by atoms with E-state index in [0.29, 0.717) is 18.3 Å². The summed E-state index contributed by atoms with van der Waals surface area (Å²) in [6, 6.07) is 14.1. The monoisotopic (exact) mass is 285 g/mol. The lowest BCUT2D eigenvalue weighted by atomic mass is 10.0. The van der Waals surface area contributed by atoms with Crippen LogP contribution in [0.2, 0.25) is 0 Å². The van der Waals surface area contributed by atoms with Crippen LogP contribution in [0.1, 0.15) is 23.6 Å². The number of phenols is 1. The lowest BCUT2D eigenvalue weighted by Gasteiger charge is -2.16. The van der Waals surface area contributed by atoms with Gasteiger partial charge in [0.1, 0.15) is 11.5 Å². The second-order valence-electron chi connectivity index (χ2n) is 5.41. The fraction of sp³-hybridized carbons (Fsp3) is 0.333. The molecule has 2 aromatic carbocycles. The van der Waals surface area contributed by atoms with Gasteiger partial charge in [-0.1, -0.05) is 24.3 Å². The Morgan fingerprint density at radius 3 is 2.62 bits per heavy atom. The van der Waals surface area contributed by atoms with Crippen LogP contribution in [0.4, 0.5) is 0 Å². The van der Waals surface area contributed by atoms with Crippen LogP contribution in [0.5, 0.6) is 11.5 Å². The number of ether oxygens (including phenoxy) is 1. The average molecular weight is 285 g/mol. The lowest BCUT2D eigenvalue weighted by Crippen LogP contribution is -2.27. The number of nitrogens with one attached hydrogen (secondary N) is 1. The van der Waals surface area contributed by atoms with Crippen molar-refractivity contribution in [3.05, 3.63) is 59.2 Å². The van der Waals surface area contributed by atoms with Crippen LogP contribution in [0.25, 0.3) is 0 Å². The van der Waals surface area contributed by atoms with E-state index in [1.54, 1.807) is 19.2 Å². The predicted molar refractivity (Wildman–Crippen MR) is 85.8 cm³/mol. The standard InChI is InChI=1S/C18H23NO2/c1-13-6-4-5-7-15(13)10-14(2)19-12-16-11-17(21-3)8-9-18(16)20/h4-9,11,14,19-20H,10,12H2,1-3H3/t14-/m0/s1. The summed E-state index contributed by atoms with van der Waals surface area (Å²) < 4.78 is 5.19. The van der Waals surface area contributed by atoms with E-state index in [0.717, 1.165) is 17.7 Å². The Labute approximate surface area is 126 Å². The van der Waals surface area contributed by atoms with Crippen LogP contribution in [-0.4, -0.2) is 18.3 Å². The molecule has 0 aliphatic carbocycles. The third-order valence-corrected chi connectivity index (χ3v) is 3.71. The normalized spacial score (nSPS) is 12.1. The number of hydrogen-bond donors (Lipinski definition) is 2. The van der Waals surface area contributed by atoms with E-state index in [-0.39, 0.29) is 0 Å². The molecular formula is C18H23NO2. The van der Waals surface area contributed by atoms with E-state index in [2.05, 4.69) is 43.4 Å². The molecule has 0 saturated heterocycles. The van der Waals surface area contributed by atoms with Crippen LogP contribution >= 0.6 is 0 Å². The number of aromatic hydroxyl groups is 1. The second-order valence-corrected chi connectivity index (χ2v) is 5.41. The fourth-order valence-electron chi connectivity index (χ4n) is 2.36. The zero-order valence-corrected chi connectivity index (χ0v) is 12.9. The van der Waals surface area contributed by atoms with Gasteiger partial charge in [-0.2, -0.15) is 0 Å². The molecule has 0 bridgehead atoms. The SMILES string of the molecule is COc1ccc(O)c(CN[C@@H](C)Cc2ccccc2C)c1. The molecule has 3 heteroatoms. The quantitative estimate of drug-likeness (QED) is 0.854. The Balaban J connectivity index is 1.95. The van der Waals surface area contributed by atoms with Gasteiger partial charge in [0.15, 0.2) is 0 Å². The second kappa shape index (κ2) is 7.14. The summed E-state index contributed by atoms with van der Waals surface area (Å²) in [7, 11) is 1.63. The van der Waals surface area contributed by atoms with E-state index < -0.39 is 0 Å². The van der Waals surface area contributed by atoms with Crippen LogP contribution in [0.15, 0.2) is 42.5 Å². The summed E-state index contributed by atoms with van der Waals surface area (Å²) >= 11 is 0. The molecule has 1 atom stereocenters. The first-order valence-corrected chi connectivity index (χ1v) is 7.24. The molecule has 2 aromatic rings. The molecule has 0 fully saturated rings. The molecule has 2 N–H and O–H groups in total. The number of aryl methyl sites for hydroxylation is 1. The van der Waals surface area contributed by atoms with Crippen molar-refractivity contribution < 1.29 is 9.84 Å². The van der Waals surface area contributed by atoms with E-state index in [1.807, 2.05) is 6.07 Å². The van der Waals surface area contributed by atoms with E-state index in [9.17, 15) is 5.11 Å². The smallest absolute Gasteiger partial charge is 0.120 e. The number of benzene rings is 2. The highest BCUT2D eigenvalue weighted by Crippen LogP contribution is 2.22. The average Bonchev–Trinajstić information content (AvgIpc) is 2.49. The molecule has 21 heavy (non-hydrogen) atoms. The van der Waals surface area contributed by atoms with Crippen LogP contribution in [-0.2, 0) is 13.0 Å². The summed E-state index contributed by atoms with van der Waals surface area (Å²) in [6.45, 7) is 4.91. The zero-order chi connectivity index (χ0) is 15.2. The number of hydrogen-bond acceptors (Lipinski definition) is 3. The highest BCUT2D eigenvalue weighted by Gasteiger charge is 2.08. The van der Waals surface area contributed by atoms with E-state index in [1.165, 1.54) is 11.1 Å². The molecule has 3 nitrogen and oxygen atoms in total. The van der Waals surface area contributed by atoms with Gasteiger partial charge in [-0.3, -0.25) is 0 Å². The maximum atomic E-state index is 9.88. The van der Waals surface area contributed by atoms with Crippen LogP contribution in [0, 0.1) is 6.92 Å². The van der Waals surface area contributed by atoms with Gasteiger partial charge in [0.2, 0.25) is 0 Å². The van der Waals surface area contributed by atoms with Crippen molar-refractivity contribution >= 4 is 0 Å². The predicted octanol–water partition coefficient (Wildman–Crippen LogP) is 3.43. The first-order chi connectivity index (χ1) is 10.1. The maximum absolute atomic E-state index is 9.88. The van der Waals surface area contributed by atoms with Gasteiger partial charge >= 0.3 is 0 Å². The topological polar surface area (TPSA) is 41.5 Å². The zero-order valence-electron chi connectivity index (χ0n) is 12.9. The molecule has 0 amide bonds. The summed E-state index contributed by atoms with van der Waals surface area (Å²) in [5, 5.41) is 13.3. The summed E-state index contributed by atoms with van der Waals surface area (Å²) in [5.74, 6) is 1.06. The minimum absolute atomic E-state index is 0.298. The third kappa shape index (κ3) is 4.23. The molecule has 0 heterocycles. The van der Waals surface area contributed by atoms with E-state index in [4.69, 9.17) is 4.74 Å². The van der Waals surface area contributed by atoms with Crippen molar-refractivity contribution in [3.63, 3.8) is 0 Å². The van der Waals surface area contributed by atoms with Gasteiger partial charge in [-0.05, 0) is 49.6 Å². The molecule has 112 valence electrons. The maximum Gasteiger partial charge on any atom is 0.120 e. The Morgan fingerprint density at radius 2 is 1.90 bits per heavy atom. The van der Waals surface area contributed by atoms with Crippen molar-refractivity contribution in [3.8, 4) is 11.5 Å². The lowest BCUT2D eigenvalue weighted by molar-refractivity contribution is 0.409. The summed E-state index contributed by atoms with van der Waals surface area (Å²) in [5.41, 5.74) is 3.52. The first kappa shape index (κ1) is 15.4. The van der Waals surface area contributed by atoms with Crippen molar-refractivity contribution in [1.82, 2.24) is 5.32 Å². The van der Waals surface area contributed by atoms with Gasteiger partial charge in [0, 0.05) is 18.2 Å². The number of phenolic OH excluding ortho intramolecular Hbond substituents is 1. The van der Waals surface area contributed by atoms with Gasteiger partial charge in [-0.25, -0.2) is 0 Å².